The first-order chi connectivity index (χ1) is 11.5. The van der Waals surface area contributed by atoms with Crippen LogP contribution in [-0.4, -0.2) is 58.7 Å². The van der Waals surface area contributed by atoms with E-state index in [1.54, 1.807) is 6.92 Å². The predicted molar refractivity (Wildman–Crippen MR) is 94.6 cm³/mol. The van der Waals surface area contributed by atoms with E-state index in [0.29, 0.717) is 17.3 Å². The molecule has 5 nitrogen and oxygen atoms in total. The fourth-order valence-electron chi connectivity index (χ4n) is 4.37. The second kappa shape index (κ2) is 7.09. The number of Topliss-reactive ketones (excluding diaryl/α,β-unsaturated/α-hetero) is 1. The van der Waals surface area contributed by atoms with Gasteiger partial charge in [0.2, 0.25) is 0 Å². The van der Waals surface area contributed by atoms with E-state index >= 15 is 0 Å². The topological polar surface area (TPSA) is 56.4 Å². The zero-order valence-electron chi connectivity index (χ0n) is 15.2. The molecule has 1 aromatic rings. The Balaban J connectivity index is 1.65. The summed E-state index contributed by atoms with van der Waals surface area (Å²) in [5, 5.41) is 0. The van der Waals surface area contributed by atoms with Gasteiger partial charge in [0.15, 0.2) is 5.78 Å². The van der Waals surface area contributed by atoms with E-state index < -0.39 is 0 Å². The van der Waals surface area contributed by atoms with Gasteiger partial charge < -0.3 is 14.8 Å². The van der Waals surface area contributed by atoms with Gasteiger partial charge in [-0.15, -0.1) is 0 Å². The van der Waals surface area contributed by atoms with Crippen molar-refractivity contribution in [2.45, 2.75) is 58.9 Å². The molecule has 2 fully saturated rings. The molecule has 3 rings (SSSR count). The van der Waals surface area contributed by atoms with Crippen molar-refractivity contribution in [2.75, 3.05) is 26.2 Å². The molecule has 0 atom stereocenters. The Morgan fingerprint density at radius 1 is 1.00 bits per heavy atom. The number of H-pyrrole nitrogens is 1. The number of carbonyl (C=O) groups excluding carboxylic acids is 2. The molecule has 0 spiro atoms. The molecule has 24 heavy (non-hydrogen) atoms. The van der Waals surface area contributed by atoms with Crippen LogP contribution in [0.25, 0.3) is 0 Å². The number of aromatic nitrogens is 1. The van der Waals surface area contributed by atoms with E-state index in [0.717, 1.165) is 37.2 Å². The third-order valence-electron chi connectivity index (χ3n) is 5.66. The van der Waals surface area contributed by atoms with Crippen LogP contribution in [0.15, 0.2) is 0 Å². The van der Waals surface area contributed by atoms with Gasteiger partial charge in [-0.1, -0.05) is 6.42 Å². The number of carbonyl (C=O) groups is 2. The van der Waals surface area contributed by atoms with Gasteiger partial charge in [-0.3, -0.25) is 9.59 Å². The highest BCUT2D eigenvalue weighted by Crippen LogP contribution is 2.24. The summed E-state index contributed by atoms with van der Waals surface area (Å²) in [6, 6.07) is 0.633. The van der Waals surface area contributed by atoms with Gasteiger partial charge in [0, 0.05) is 30.4 Å². The van der Waals surface area contributed by atoms with Crippen molar-refractivity contribution in [1.82, 2.24) is 14.8 Å². The van der Waals surface area contributed by atoms with Crippen LogP contribution in [-0.2, 0) is 0 Å². The number of piperidine rings is 2. The van der Waals surface area contributed by atoms with Gasteiger partial charge in [-0.25, -0.2) is 0 Å². The summed E-state index contributed by atoms with van der Waals surface area (Å²) in [6.07, 6.45) is 6.10. The maximum absolute atomic E-state index is 12.9. The van der Waals surface area contributed by atoms with Gasteiger partial charge in [-0.2, -0.15) is 0 Å². The summed E-state index contributed by atoms with van der Waals surface area (Å²) in [7, 11) is 0. The van der Waals surface area contributed by atoms with Crippen LogP contribution in [0, 0.1) is 13.8 Å². The lowest BCUT2D eigenvalue weighted by Crippen LogP contribution is -2.48. The summed E-state index contributed by atoms with van der Waals surface area (Å²) in [4.78, 5) is 32.3. The zero-order chi connectivity index (χ0) is 17.3. The second-order valence-electron chi connectivity index (χ2n) is 7.30. The van der Waals surface area contributed by atoms with Crippen molar-refractivity contribution in [2.24, 2.45) is 0 Å². The van der Waals surface area contributed by atoms with E-state index in [9.17, 15) is 9.59 Å². The van der Waals surface area contributed by atoms with Crippen molar-refractivity contribution in [3.8, 4) is 0 Å². The Hall–Kier alpha value is -1.62. The molecule has 2 aliphatic rings. The van der Waals surface area contributed by atoms with Crippen LogP contribution in [0.4, 0.5) is 0 Å². The van der Waals surface area contributed by atoms with Crippen molar-refractivity contribution < 1.29 is 9.59 Å². The first-order valence-corrected chi connectivity index (χ1v) is 9.22. The van der Waals surface area contributed by atoms with E-state index in [1.165, 1.54) is 32.4 Å². The summed E-state index contributed by atoms with van der Waals surface area (Å²) in [5.41, 5.74) is 2.85. The lowest BCUT2D eigenvalue weighted by molar-refractivity contribution is 0.0584. The average Bonchev–Trinajstić information content (AvgIpc) is 2.89. The van der Waals surface area contributed by atoms with Gasteiger partial charge in [0.25, 0.3) is 5.91 Å². The molecule has 3 heterocycles. The standard InChI is InChI=1S/C19H29N3O2/c1-13-17(15(3)23)14(2)20-18(13)19(24)22-11-7-16(8-12-22)21-9-5-4-6-10-21/h16,20H,4-12H2,1-3H3. The van der Waals surface area contributed by atoms with Gasteiger partial charge >= 0.3 is 0 Å². The number of aryl methyl sites for hydroxylation is 1. The largest absolute Gasteiger partial charge is 0.354 e. The fourth-order valence-corrected chi connectivity index (χ4v) is 4.37. The van der Waals surface area contributed by atoms with Gasteiger partial charge in [0.1, 0.15) is 5.69 Å². The van der Waals surface area contributed by atoms with Crippen LogP contribution in [0.5, 0.6) is 0 Å². The van der Waals surface area contributed by atoms with Crippen molar-refractivity contribution in [1.29, 1.82) is 0 Å². The minimum absolute atomic E-state index is 0.0177. The molecule has 0 unspecified atom stereocenters. The molecule has 1 amide bonds. The van der Waals surface area contributed by atoms with Crippen molar-refractivity contribution >= 4 is 11.7 Å². The number of nitrogens with zero attached hydrogens (tertiary/aromatic N) is 2. The SMILES string of the molecule is CC(=O)c1c(C)[nH]c(C(=O)N2CCC(N3CCCCC3)CC2)c1C. The molecule has 1 aromatic heterocycles. The lowest BCUT2D eigenvalue weighted by Gasteiger charge is -2.40. The maximum atomic E-state index is 12.9. The number of nitrogens with one attached hydrogen (secondary N) is 1. The summed E-state index contributed by atoms with van der Waals surface area (Å²) in [5.74, 6) is 0.0595. The smallest absolute Gasteiger partial charge is 0.270 e. The second-order valence-corrected chi connectivity index (χ2v) is 7.30. The summed E-state index contributed by atoms with van der Waals surface area (Å²) in [6.45, 7) is 9.35. The Bertz CT molecular complexity index is 621. The Morgan fingerprint density at radius 3 is 2.17 bits per heavy atom. The number of hydrogen-bond donors (Lipinski definition) is 1. The number of aromatic amines is 1. The van der Waals surface area contributed by atoms with Crippen LogP contribution in [0.3, 0.4) is 0 Å². The van der Waals surface area contributed by atoms with Crippen molar-refractivity contribution in [3.05, 3.63) is 22.5 Å². The fraction of sp³-hybridized carbons (Fsp3) is 0.684. The van der Waals surface area contributed by atoms with E-state index in [1.807, 2.05) is 18.7 Å². The highest BCUT2D eigenvalue weighted by molar-refractivity contribution is 6.02. The molecule has 1 N–H and O–H groups in total. The first-order valence-electron chi connectivity index (χ1n) is 9.22. The quantitative estimate of drug-likeness (QED) is 0.867. The number of rotatable bonds is 3. The van der Waals surface area contributed by atoms with Crippen LogP contribution < -0.4 is 0 Å². The highest BCUT2D eigenvalue weighted by atomic mass is 16.2. The molecular weight excluding hydrogens is 302 g/mol. The zero-order valence-corrected chi connectivity index (χ0v) is 15.2. The average molecular weight is 331 g/mol. The van der Waals surface area contributed by atoms with Gasteiger partial charge in [0.05, 0.1) is 0 Å². The first kappa shape index (κ1) is 17.2. The molecule has 2 saturated heterocycles. The number of hydrogen-bond acceptors (Lipinski definition) is 3. The Kier molecular flexibility index (Phi) is 5.09. The molecule has 0 bridgehead atoms. The van der Waals surface area contributed by atoms with Crippen LogP contribution >= 0.6 is 0 Å². The van der Waals surface area contributed by atoms with E-state index in [2.05, 4.69) is 9.88 Å². The van der Waals surface area contributed by atoms with E-state index in [4.69, 9.17) is 0 Å². The molecule has 0 saturated carbocycles. The molecular formula is C19H29N3O2. The predicted octanol–water partition coefficient (Wildman–Crippen LogP) is 2.92. The minimum Gasteiger partial charge on any atom is -0.354 e. The molecule has 132 valence electrons. The number of amides is 1. The maximum Gasteiger partial charge on any atom is 0.270 e. The molecule has 0 aromatic carbocycles. The molecule has 2 aliphatic heterocycles. The van der Waals surface area contributed by atoms with E-state index in [-0.39, 0.29) is 11.7 Å². The van der Waals surface area contributed by atoms with Crippen LogP contribution in [0.2, 0.25) is 0 Å². The lowest BCUT2D eigenvalue weighted by atomic mass is 9.99. The third kappa shape index (κ3) is 3.27. The molecule has 5 heteroatoms. The summed E-state index contributed by atoms with van der Waals surface area (Å²) >= 11 is 0. The minimum atomic E-state index is 0.0177. The molecule has 0 radical (unpaired) electrons. The molecule has 0 aliphatic carbocycles. The monoisotopic (exact) mass is 331 g/mol. The third-order valence-corrected chi connectivity index (χ3v) is 5.66. The Morgan fingerprint density at radius 2 is 1.62 bits per heavy atom. The number of likely N-dealkylation sites (tertiary alicyclic amines) is 2. The number of ketones is 1. The summed E-state index contributed by atoms with van der Waals surface area (Å²) < 4.78 is 0. The van der Waals surface area contributed by atoms with Gasteiger partial charge in [-0.05, 0) is 65.1 Å². The van der Waals surface area contributed by atoms with Crippen LogP contribution in [0.1, 0.15) is 71.1 Å². The Labute approximate surface area is 144 Å². The van der Waals surface area contributed by atoms with Crippen molar-refractivity contribution in [3.63, 3.8) is 0 Å². The normalized spacial score (nSPS) is 20.4. The highest BCUT2D eigenvalue weighted by Gasteiger charge is 2.30.